The van der Waals surface area contributed by atoms with Gasteiger partial charge in [-0.1, -0.05) is 13.3 Å². The van der Waals surface area contributed by atoms with Gasteiger partial charge in [0.15, 0.2) is 5.96 Å². The Kier molecular flexibility index (Phi) is 5.27. The molecule has 0 bridgehead atoms. The van der Waals surface area contributed by atoms with Crippen LogP contribution in [0.2, 0.25) is 0 Å². The topological polar surface area (TPSA) is 30.9 Å². The molecular formula is C18H34N4. The molecule has 3 aliphatic rings. The van der Waals surface area contributed by atoms with Crippen molar-refractivity contribution in [1.82, 2.24) is 15.1 Å². The first-order valence-electron chi connectivity index (χ1n) is 9.46. The fourth-order valence-corrected chi connectivity index (χ4v) is 4.21. The minimum Gasteiger partial charge on any atom is -0.357 e. The van der Waals surface area contributed by atoms with E-state index in [2.05, 4.69) is 29.0 Å². The maximum Gasteiger partial charge on any atom is 0.193 e. The van der Waals surface area contributed by atoms with Gasteiger partial charge in [-0.25, -0.2) is 0 Å². The molecule has 1 spiro atoms. The molecule has 3 rings (SSSR count). The summed E-state index contributed by atoms with van der Waals surface area (Å²) in [5.41, 5.74) is 0.652. The molecule has 126 valence electrons. The molecule has 0 aromatic carbocycles. The van der Waals surface area contributed by atoms with E-state index in [1.807, 2.05) is 0 Å². The molecule has 2 aliphatic heterocycles. The van der Waals surface area contributed by atoms with E-state index in [-0.39, 0.29) is 0 Å². The summed E-state index contributed by atoms with van der Waals surface area (Å²) in [6, 6.07) is 0. The van der Waals surface area contributed by atoms with Crippen molar-refractivity contribution in [2.45, 2.75) is 52.4 Å². The van der Waals surface area contributed by atoms with Gasteiger partial charge in [0.1, 0.15) is 0 Å². The Balaban J connectivity index is 1.48. The van der Waals surface area contributed by atoms with Gasteiger partial charge in [-0.2, -0.15) is 0 Å². The quantitative estimate of drug-likeness (QED) is 0.640. The first-order valence-corrected chi connectivity index (χ1v) is 9.46. The number of nitrogens with one attached hydrogen (secondary N) is 1. The van der Waals surface area contributed by atoms with Crippen LogP contribution in [0.5, 0.6) is 0 Å². The van der Waals surface area contributed by atoms with Gasteiger partial charge in [0.05, 0.1) is 6.54 Å². The highest BCUT2D eigenvalue weighted by molar-refractivity contribution is 5.80. The minimum atomic E-state index is 0.652. The second-order valence-corrected chi connectivity index (χ2v) is 7.78. The van der Waals surface area contributed by atoms with E-state index < -0.39 is 0 Å². The van der Waals surface area contributed by atoms with Crippen molar-refractivity contribution in [3.63, 3.8) is 0 Å². The van der Waals surface area contributed by atoms with Gasteiger partial charge in [-0.15, -0.1) is 0 Å². The lowest BCUT2D eigenvalue weighted by molar-refractivity contribution is 0.151. The summed E-state index contributed by atoms with van der Waals surface area (Å²) in [4.78, 5) is 10.0. The van der Waals surface area contributed by atoms with E-state index in [9.17, 15) is 0 Å². The third-order valence-electron chi connectivity index (χ3n) is 6.04. The van der Waals surface area contributed by atoms with Gasteiger partial charge in [0, 0.05) is 26.2 Å². The smallest absolute Gasteiger partial charge is 0.193 e. The van der Waals surface area contributed by atoms with Crippen LogP contribution in [0.4, 0.5) is 0 Å². The summed E-state index contributed by atoms with van der Waals surface area (Å²) in [5.74, 6) is 2.08. The van der Waals surface area contributed by atoms with Crippen LogP contribution in [0.3, 0.4) is 0 Å². The Morgan fingerprint density at radius 2 is 1.95 bits per heavy atom. The molecule has 2 saturated heterocycles. The number of guanidine groups is 1. The Hall–Kier alpha value is -0.770. The van der Waals surface area contributed by atoms with E-state index in [1.165, 1.54) is 64.7 Å². The maximum atomic E-state index is 4.92. The summed E-state index contributed by atoms with van der Waals surface area (Å²) < 4.78 is 0. The summed E-state index contributed by atoms with van der Waals surface area (Å²) in [7, 11) is 0. The number of hydrogen-bond donors (Lipinski definition) is 1. The fraction of sp³-hybridized carbons (Fsp3) is 0.944. The van der Waals surface area contributed by atoms with Crippen molar-refractivity contribution in [2.75, 3.05) is 45.8 Å². The predicted molar refractivity (Wildman–Crippen MR) is 93.3 cm³/mol. The van der Waals surface area contributed by atoms with Crippen molar-refractivity contribution in [1.29, 1.82) is 0 Å². The number of rotatable bonds is 4. The third kappa shape index (κ3) is 3.76. The number of hydrogen-bond acceptors (Lipinski definition) is 2. The van der Waals surface area contributed by atoms with Crippen molar-refractivity contribution in [3.05, 3.63) is 0 Å². The molecule has 22 heavy (non-hydrogen) atoms. The number of likely N-dealkylation sites (tertiary alicyclic amines) is 2. The summed E-state index contributed by atoms with van der Waals surface area (Å²) in [5, 5.41) is 3.51. The SMILES string of the molecule is CCNC(=NCCN1CCC(C)CC1)N1CCC2(CCC2)C1. The molecule has 1 saturated carbocycles. The highest BCUT2D eigenvalue weighted by Crippen LogP contribution is 2.47. The van der Waals surface area contributed by atoms with E-state index >= 15 is 0 Å². The van der Waals surface area contributed by atoms with Crippen molar-refractivity contribution in [2.24, 2.45) is 16.3 Å². The summed E-state index contributed by atoms with van der Waals surface area (Å²) >= 11 is 0. The van der Waals surface area contributed by atoms with E-state index in [0.29, 0.717) is 5.41 Å². The van der Waals surface area contributed by atoms with Crippen molar-refractivity contribution in [3.8, 4) is 0 Å². The highest BCUT2D eigenvalue weighted by Gasteiger charge is 2.43. The van der Waals surface area contributed by atoms with Crippen LogP contribution in [0.15, 0.2) is 4.99 Å². The molecule has 4 nitrogen and oxygen atoms in total. The van der Waals surface area contributed by atoms with Crippen LogP contribution in [0.25, 0.3) is 0 Å². The first kappa shape index (κ1) is 16.1. The van der Waals surface area contributed by atoms with Crippen LogP contribution in [0, 0.1) is 11.3 Å². The molecule has 0 unspecified atom stereocenters. The zero-order valence-electron chi connectivity index (χ0n) is 14.6. The number of aliphatic imine (C=N–C) groups is 1. The molecule has 0 aromatic heterocycles. The first-order chi connectivity index (χ1) is 10.7. The summed E-state index contributed by atoms with van der Waals surface area (Å²) in [6.07, 6.45) is 8.41. The standard InChI is InChI=1S/C18H34N4/c1-3-19-17(22-13-9-18(15-22)7-4-8-18)20-10-14-21-11-5-16(2)6-12-21/h16H,3-15H2,1-2H3,(H,19,20). The van der Waals surface area contributed by atoms with Crippen molar-refractivity contribution < 1.29 is 0 Å². The second-order valence-electron chi connectivity index (χ2n) is 7.78. The third-order valence-corrected chi connectivity index (χ3v) is 6.04. The monoisotopic (exact) mass is 306 g/mol. The Labute approximate surface area is 136 Å². The molecule has 1 N–H and O–H groups in total. The Bertz CT molecular complexity index is 381. The van der Waals surface area contributed by atoms with E-state index in [0.717, 1.165) is 31.5 Å². The molecule has 3 fully saturated rings. The lowest BCUT2D eigenvalue weighted by Gasteiger charge is -2.38. The average Bonchev–Trinajstić information content (AvgIpc) is 2.94. The molecule has 0 aromatic rings. The van der Waals surface area contributed by atoms with Crippen LogP contribution in [0.1, 0.15) is 52.4 Å². The molecule has 4 heteroatoms. The van der Waals surface area contributed by atoms with Gasteiger partial charge >= 0.3 is 0 Å². The maximum absolute atomic E-state index is 4.92. The van der Waals surface area contributed by atoms with Crippen LogP contribution in [-0.4, -0.2) is 61.6 Å². The molecule has 0 radical (unpaired) electrons. The van der Waals surface area contributed by atoms with E-state index in [1.54, 1.807) is 0 Å². The minimum absolute atomic E-state index is 0.652. The molecule has 0 amide bonds. The van der Waals surface area contributed by atoms with Gasteiger partial charge in [-0.05, 0) is 63.5 Å². The molecule has 1 aliphatic carbocycles. The number of nitrogens with zero attached hydrogens (tertiary/aromatic N) is 3. The Morgan fingerprint density at radius 3 is 2.55 bits per heavy atom. The molecule has 0 atom stereocenters. The lowest BCUT2D eigenvalue weighted by atomic mass is 9.68. The van der Waals surface area contributed by atoms with Crippen LogP contribution < -0.4 is 5.32 Å². The average molecular weight is 306 g/mol. The highest BCUT2D eigenvalue weighted by atomic mass is 15.3. The largest absolute Gasteiger partial charge is 0.357 e. The van der Waals surface area contributed by atoms with Crippen LogP contribution >= 0.6 is 0 Å². The summed E-state index contributed by atoms with van der Waals surface area (Å²) in [6.45, 7) is 12.6. The lowest BCUT2D eigenvalue weighted by Crippen LogP contribution is -2.43. The molecular weight excluding hydrogens is 272 g/mol. The van der Waals surface area contributed by atoms with Gasteiger partial charge in [0.25, 0.3) is 0 Å². The number of piperidine rings is 1. The van der Waals surface area contributed by atoms with Gasteiger partial charge in [-0.3, -0.25) is 4.99 Å². The van der Waals surface area contributed by atoms with Crippen molar-refractivity contribution >= 4 is 5.96 Å². The zero-order valence-corrected chi connectivity index (χ0v) is 14.6. The fourth-order valence-electron chi connectivity index (χ4n) is 4.21. The Morgan fingerprint density at radius 1 is 1.18 bits per heavy atom. The normalized spacial score (nSPS) is 26.5. The molecule has 2 heterocycles. The second kappa shape index (κ2) is 7.20. The zero-order chi connectivity index (χ0) is 15.4. The van der Waals surface area contributed by atoms with Gasteiger partial charge in [0.2, 0.25) is 0 Å². The predicted octanol–water partition coefficient (Wildman–Crippen LogP) is 2.56. The van der Waals surface area contributed by atoms with E-state index in [4.69, 9.17) is 4.99 Å². The van der Waals surface area contributed by atoms with Crippen LogP contribution in [-0.2, 0) is 0 Å². The van der Waals surface area contributed by atoms with Gasteiger partial charge < -0.3 is 15.1 Å².